The maximum absolute atomic E-state index is 13.3. The number of aryl methyl sites for hydroxylation is 1. The summed E-state index contributed by atoms with van der Waals surface area (Å²) < 4.78 is 16.6. The number of likely N-dealkylation sites (tertiary alicyclic amines) is 1. The second-order valence-electron chi connectivity index (χ2n) is 8.74. The van der Waals surface area contributed by atoms with E-state index >= 15 is 0 Å². The van der Waals surface area contributed by atoms with E-state index in [4.69, 9.17) is 14.2 Å². The summed E-state index contributed by atoms with van der Waals surface area (Å²) >= 11 is 0. The molecule has 0 aromatic heterocycles. The molecular weight excluding hydrogens is 448 g/mol. The Morgan fingerprint density at radius 3 is 2.40 bits per heavy atom. The number of carbonyl (C=O) groups is 2. The summed E-state index contributed by atoms with van der Waals surface area (Å²) in [7, 11) is 6.92. The van der Waals surface area contributed by atoms with Gasteiger partial charge in [-0.05, 0) is 68.9 Å². The molecule has 2 aromatic carbocycles. The van der Waals surface area contributed by atoms with Crippen LogP contribution in [0.2, 0.25) is 0 Å². The van der Waals surface area contributed by atoms with Crippen LogP contribution in [0.3, 0.4) is 0 Å². The minimum absolute atomic E-state index is 0.0497. The molecule has 1 saturated heterocycles. The van der Waals surface area contributed by atoms with Crippen LogP contribution in [0.15, 0.2) is 42.0 Å². The SMILES string of the molecule is CCCOc1cc(C2/C(=C(\O)c3ccc(OC)cc3C)C(=O)C(=O)N2CCN(C)C)ccc1OC. The lowest BCUT2D eigenvalue weighted by atomic mass is 9.93. The Kier molecular flexibility index (Phi) is 8.40. The first kappa shape index (κ1) is 26.1. The normalized spacial score (nSPS) is 17.2. The molecule has 3 rings (SSSR count). The third-order valence-electron chi connectivity index (χ3n) is 5.98. The minimum atomic E-state index is -0.772. The monoisotopic (exact) mass is 482 g/mol. The Hall–Kier alpha value is -3.52. The van der Waals surface area contributed by atoms with Crippen molar-refractivity contribution in [2.45, 2.75) is 26.3 Å². The fourth-order valence-corrected chi connectivity index (χ4v) is 4.13. The summed E-state index contributed by atoms with van der Waals surface area (Å²) in [6, 6.07) is 9.74. The molecule has 0 aliphatic carbocycles. The molecule has 1 heterocycles. The van der Waals surface area contributed by atoms with Crippen molar-refractivity contribution in [2.75, 3.05) is 48.0 Å². The van der Waals surface area contributed by atoms with Crippen LogP contribution >= 0.6 is 0 Å². The number of ether oxygens (including phenoxy) is 3. The van der Waals surface area contributed by atoms with Crippen LogP contribution in [0.25, 0.3) is 5.76 Å². The number of hydrogen-bond donors (Lipinski definition) is 1. The summed E-state index contributed by atoms with van der Waals surface area (Å²) in [6.07, 6.45) is 0.811. The lowest BCUT2D eigenvalue weighted by Crippen LogP contribution is -2.35. The first-order chi connectivity index (χ1) is 16.7. The van der Waals surface area contributed by atoms with E-state index in [0.29, 0.717) is 48.1 Å². The van der Waals surface area contributed by atoms with E-state index in [1.165, 1.54) is 4.90 Å². The number of carbonyl (C=O) groups excluding carboxylic acids is 2. The van der Waals surface area contributed by atoms with Gasteiger partial charge >= 0.3 is 0 Å². The van der Waals surface area contributed by atoms with Crippen molar-refractivity contribution >= 4 is 17.4 Å². The van der Waals surface area contributed by atoms with Crippen LogP contribution in [-0.2, 0) is 9.59 Å². The molecule has 8 heteroatoms. The summed E-state index contributed by atoms with van der Waals surface area (Å²) in [4.78, 5) is 29.9. The second-order valence-corrected chi connectivity index (χ2v) is 8.74. The van der Waals surface area contributed by atoms with Crippen molar-refractivity contribution < 1.29 is 28.9 Å². The molecule has 1 unspecified atom stereocenters. The largest absolute Gasteiger partial charge is 0.507 e. The van der Waals surface area contributed by atoms with E-state index in [1.54, 1.807) is 50.6 Å². The van der Waals surface area contributed by atoms with Crippen molar-refractivity contribution in [3.8, 4) is 17.2 Å². The van der Waals surface area contributed by atoms with Crippen molar-refractivity contribution in [3.05, 3.63) is 58.7 Å². The van der Waals surface area contributed by atoms with Crippen molar-refractivity contribution in [1.29, 1.82) is 0 Å². The number of aliphatic hydroxyl groups excluding tert-OH is 1. The zero-order chi connectivity index (χ0) is 25.7. The average Bonchev–Trinajstić information content (AvgIpc) is 3.10. The van der Waals surface area contributed by atoms with Crippen LogP contribution in [0.5, 0.6) is 17.2 Å². The van der Waals surface area contributed by atoms with Gasteiger partial charge in [0.05, 0.1) is 32.4 Å². The van der Waals surface area contributed by atoms with E-state index in [1.807, 2.05) is 32.8 Å². The van der Waals surface area contributed by atoms with Crippen LogP contribution in [0.1, 0.15) is 36.1 Å². The topological polar surface area (TPSA) is 88.5 Å². The summed E-state index contributed by atoms with van der Waals surface area (Å²) in [6.45, 7) is 5.19. The highest BCUT2D eigenvalue weighted by Crippen LogP contribution is 2.42. The van der Waals surface area contributed by atoms with Gasteiger partial charge < -0.3 is 29.1 Å². The highest BCUT2D eigenvalue weighted by Gasteiger charge is 2.46. The maximum atomic E-state index is 13.3. The van der Waals surface area contributed by atoms with Gasteiger partial charge in [0.1, 0.15) is 11.5 Å². The van der Waals surface area contributed by atoms with Gasteiger partial charge in [0, 0.05) is 18.7 Å². The van der Waals surface area contributed by atoms with Gasteiger partial charge in [-0.15, -0.1) is 0 Å². The van der Waals surface area contributed by atoms with Gasteiger partial charge in [-0.25, -0.2) is 0 Å². The minimum Gasteiger partial charge on any atom is -0.507 e. The van der Waals surface area contributed by atoms with Crippen LogP contribution in [0, 0.1) is 6.92 Å². The molecule has 0 saturated carbocycles. The number of aliphatic hydroxyl groups is 1. The fraction of sp³-hybridized carbons (Fsp3) is 0.407. The number of ketones is 1. The van der Waals surface area contributed by atoms with Gasteiger partial charge in [-0.1, -0.05) is 13.0 Å². The average molecular weight is 483 g/mol. The molecule has 1 amide bonds. The molecular formula is C27H34N2O6. The molecule has 1 fully saturated rings. The number of amides is 1. The zero-order valence-corrected chi connectivity index (χ0v) is 21.3. The highest BCUT2D eigenvalue weighted by molar-refractivity contribution is 6.46. The van der Waals surface area contributed by atoms with Gasteiger partial charge in [-0.2, -0.15) is 0 Å². The van der Waals surface area contributed by atoms with Gasteiger partial charge in [0.2, 0.25) is 0 Å². The molecule has 2 aromatic rings. The lowest BCUT2D eigenvalue weighted by molar-refractivity contribution is -0.140. The zero-order valence-electron chi connectivity index (χ0n) is 21.3. The molecule has 0 spiro atoms. The quantitative estimate of drug-likeness (QED) is 0.313. The van der Waals surface area contributed by atoms with Crippen LogP contribution < -0.4 is 14.2 Å². The predicted octanol–water partition coefficient (Wildman–Crippen LogP) is 3.78. The van der Waals surface area contributed by atoms with Gasteiger partial charge in [0.25, 0.3) is 11.7 Å². The number of likely N-dealkylation sites (N-methyl/N-ethyl adjacent to an activating group) is 1. The van der Waals surface area contributed by atoms with E-state index in [2.05, 4.69) is 0 Å². The Morgan fingerprint density at radius 2 is 1.80 bits per heavy atom. The van der Waals surface area contributed by atoms with Crippen molar-refractivity contribution in [2.24, 2.45) is 0 Å². The standard InChI is InChI=1S/C27H34N2O6/c1-7-14-35-22-16-18(8-11-21(22)34-6)24-23(26(31)27(32)29(24)13-12-28(3)4)25(30)20-10-9-19(33-5)15-17(20)2/h8-11,15-16,24,30H,7,12-14H2,1-6H3/b25-23+. The van der Waals surface area contributed by atoms with E-state index in [-0.39, 0.29) is 11.3 Å². The number of hydrogen-bond acceptors (Lipinski definition) is 7. The summed E-state index contributed by atoms with van der Waals surface area (Å²) in [5.41, 5.74) is 1.90. The first-order valence-corrected chi connectivity index (χ1v) is 11.6. The molecule has 188 valence electrons. The molecule has 35 heavy (non-hydrogen) atoms. The van der Waals surface area contributed by atoms with Gasteiger partial charge in [-0.3, -0.25) is 9.59 Å². The number of rotatable bonds is 10. The maximum Gasteiger partial charge on any atom is 0.295 e. The first-order valence-electron chi connectivity index (χ1n) is 11.6. The molecule has 0 bridgehead atoms. The van der Waals surface area contributed by atoms with Crippen LogP contribution in [-0.4, -0.2) is 74.6 Å². The Balaban J connectivity index is 2.19. The summed E-state index contributed by atoms with van der Waals surface area (Å²) in [5.74, 6) is 0.136. The molecule has 1 aliphatic heterocycles. The molecule has 1 N–H and O–H groups in total. The molecule has 1 atom stereocenters. The number of Topliss-reactive ketones (excluding diaryl/α,β-unsaturated/α-hetero) is 1. The number of methoxy groups -OCH3 is 2. The van der Waals surface area contributed by atoms with Gasteiger partial charge in [0.15, 0.2) is 11.5 Å². The fourth-order valence-electron chi connectivity index (χ4n) is 4.13. The van der Waals surface area contributed by atoms with E-state index in [0.717, 1.165) is 12.0 Å². The molecule has 0 radical (unpaired) electrons. The third kappa shape index (κ3) is 5.43. The number of benzene rings is 2. The Morgan fingerprint density at radius 1 is 1.06 bits per heavy atom. The van der Waals surface area contributed by atoms with Crippen molar-refractivity contribution in [3.63, 3.8) is 0 Å². The molecule has 8 nitrogen and oxygen atoms in total. The smallest absolute Gasteiger partial charge is 0.295 e. The van der Waals surface area contributed by atoms with E-state index < -0.39 is 17.7 Å². The van der Waals surface area contributed by atoms with E-state index in [9.17, 15) is 14.7 Å². The number of nitrogens with zero attached hydrogens (tertiary/aromatic N) is 2. The Labute approximate surface area is 206 Å². The lowest BCUT2D eigenvalue weighted by Gasteiger charge is -2.27. The summed E-state index contributed by atoms with van der Waals surface area (Å²) in [5, 5.41) is 11.4. The molecule has 1 aliphatic rings. The third-order valence-corrected chi connectivity index (χ3v) is 5.98. The predicted molar refractivity (Wildman–Crippen MR) is 134 cm³/mol. The van der Waals surface area contributed by atoms with Crippen LogP contribution in [0.4, 0.5) is 0 Å². The second kappa shape index (κ2) is 11.3. The Bertz CT molecular complexity index is 1120. The van der Waals surface area contributed by atoms with Crippen molar-refractivity contribution in [1.82, 2.24) is 9.80 Å². The highest BCUT2D eigenvalue weighted by atomic mass is 16.5.